The second-order valence-electron chi connectivity index (χ2n) is 29.6. The molecule has 93 heavy (non-hydrogen) atoms. The first-order valence-electron chi connectivity index (χ1n) is 43.0. The van der Waals surface area contributed by atoms with Crippen LogP contribution in [0.15, 0.2) is 36.5 Å². The van der Waals surface area contributed by atoms with Gasteiger partial charge in [-0.05, 0) is 51.4 Å². The first kappa shape index (κ1) is 91.1. The Hall–Kier alpha value is -1.88. The number of hydrogen-bond donors (Lipinski definition) is 1. The Bertz CT molecular complexity index is 1480. The molecule has 0 aromatic carbocycles. The average Bonchev–Trinajstić information content (AvgIpc) is 3.59. The predicted octanol–water partition coefficient (Wildman–Crippen LogP) is 30.4. The lowest BCUT2D eigenvalue weighted by molar-refractivity contribution is -0.161. The summed E-state index contributed by atoms with van der Waals surface area (Å²) in [4.78, 5) is 24.8. The van der Waals surface area contributed by atoms with Crippen molar-refractivity contribution in [2.24, 2.45) is 0 Å². The van der Waals surface area contributed by atoms with Crippen molar-refractivity contribution in [2.75, 3.05) is 13.2 Å². The van der Waals surface area contributed by atoms with E-state index in [0.717, 1.165) is 44.9 Å². The first-order chi connectivity index (χ1) is 46.1. The second-order valence-corrected chi connectivity index (χ2v) is 29.6. The van der Waals surface area contributed by atoms with Crippen molar-refractivity contribution in [2.45, 2.75) is 502 Å². The molecule has 0 aliphatic carbocycles. The van der Waals surface area contributed by atoms with E-state index in [4.69, 9.17) is 9.47 Å². The molecule has 550 valence electrons. The molecule has 0 aliphatic rings. The molecule has 1 atom stereocenters. The monoisotopic (exact) mass is 1310 g/mol. The fourth-order valence-electron chi connectivity index (χ4n) is 13.8. The summed E-state index contributed by atoms with van der Waals surface area (Å²) in [6, 6.07) is 0. The van der Waals surface area contributed by atoms with E-state index in [1.165, 1.54) is 424 Å². The number of hydrogen-bond acceptors (Lipinski definition) is 5. The van der Waals surface area contributed by atoms with E-state index < -0.39 is 6.10 Å². The van der Waals surface area contributed by atoms with Gasteiger partial charge in [0.15, 0.2) is 6.10 Å². The van der Waals surface area contributed by atoms with Crippen LogP contribution in [0.4, 0.5) is 0 Å². The standard InChI is InChI=1S/C88H168O5/c1-3-5-7-9-11-13-15-17-19-21-23-25-27-29-31-33-35-37-39-41-43-44-45-47-49-51-53-55-57-59-61-63-65-67-69-71-73-75-77-79-81-83-88(91)93-86(84-89)85-92-87(90)82-80-78-76-74-72-70-68-66-64-62-60-58-56-54-52-50-48-46-42-40-38-36-34-32-30-28-26-24-22-20-18-16-14-12-10-8-6-4-2/h15,17,21,23,27,29,86,89H,3-14,16,18-20,22,24-26,28,30-85H2,1-2H3/b17-15-,23-21-,29-27-. The minimum atomic E-state index is -0.769. The molecule has 5 heteroatoms. The van der Waals surface area contributed by atoms with Gasteiger partial charge < -0.3 is 14.6 Å². The number of rotatable bonds is 82. The Kier molecular flexibility index (Phi) is 82.6. The number of unbranched alkanes of at least 4 members (excludes halogenated alkanes) is 68. The van der Waals surface area contributed by atoms with Crippen molar-refractivity contribution in [3.8, 4) is 0 Å². The topological polar surface area (TPSA) is 72.8 Å². The van der Waals surface area contributed by atoms with Crippen molar-refractivity contribution in [1.82, 2.24) is 0 Å². The molecule has 0 bridgehead atoms. The molecule has 0 aromatic heterocycles. The van der Waals surface area contributed by atoms with Crippen molar-refractivity contribution in [3.63, 3.8) is 0 Å². The third kappa shape index (κ3) is 82.5. The number of aliphatic hydroxyl groups excluding tert-OH is 1. The molecule has 0 aromatic rings. The van der Waals surface area contributed by atoms with Crippen LogP contribution in [0.2, 0.25) is 0 Å². The van der Waals surface area contributed by atoms with Crippen molar-refractivity contribution < 1.29 is 24.2 Å². The SMILES string of the molecule is CCCCCCC/C=C\C/C=C\C/C=C\CCCCCCCCCCCCCCCCCCCCCCCCCCCCC(=O)OC(CO)COC(=O)CCCCCCCCCCCCCCCCCCCCCCCCCCCCCCCCCCCCCCCC. The van der Waals surface area contributed by atoms with Gasteiger partial charge in [0.1, 0.15) is 6.61 Å². The van der Waals surface area contributed by atoms with Gasteiger partial charge in [0, 0.05) is 12.8 Å². The summed E-state index contributed by atoms with van der Waals surface area (Å²) in [7, 11) is 0. The minimum Gasteiger partial charge on any atom is -0.462 e. The zero-order chi connectivity index (χ0) is 66.8. The fraction of sp³-hybridized carbons (Fsp3) is 0.909. The molecule has 0 rings (SSSR count). The summed E-state index contributed by atoms with van der Waals surface area (Å²) in [5, 5.41) is 9.74. The van der Waals surface area contributed by atoms with Gasteiger partial charge in [0.25, 0.3) is 0 Å². The maximum absolute atomic E-state index is 12.4. The van der Waals surface area contributed by atoms with Crippen molar-refractivity contribution in [1.29, 1.82) is 0 Å². The number of allylic oxidation sites excluding steroid dienone is 6. The van der Waals surface area contributed by atoms with Gasteiger partial charge in [-0.15, -0.1) is 0 Å². The maximum Gasteiger partial charge on any atom is 0.306 e. The summed E-state index contributed by atoms with van der Waals surface area (Å²) in [6.45, 7) is 4.21. The number of esters is 2. The Morgan fingerprint density at radius 1 is 0.247 bits per heavy atom. The van der Waals surface area contributed by atoms with Crippen molar-refractivity contribution >= 4 is 11.9 Å². The third-order valence-corrected chi connectivity index (χ3v) is 20.2. The zero-order valence-corrected chi connectivity index (χ0v) is 63.6. The summed E-state index contributed by atoms with van der Waals surface area (Å²) in [6.07, 6.45) is 114. The molecule has 5 nitrogen and oxygen atoms in total. The molecule has 0 heterocycles. The highest BCUT2D eigenvalue weighted by atomic mass is 16.6. The predicted molar refractivity (Wildman–Crippen MR) is 413 cm³/mol. The zero-order valence-electron chi connectivity index (χ0n) is 63.6. The van der Waals surface area contributed by atoms with Crippen molar-refractivity contribution in [3.05, 3.63) is 36.5 Å². The van der Waals surface area contributed by atoms with E-state index in [1.54, 1.807) is 0 Å². The van der Waals surface area contributed by atoms with Gasteiger partial charge in [0.2, 0.25) is 0 Å². The smallest absolute Gasteiger partial charge is 0.306 e. The summed E-state index contributed by atoms with van der Waals surface area (Å²) < 4.78 is 10.8. The molecule has 0 radical (unpaired) electrons. The lowest BCUT2D eigenvalue weighted by Crippen LogP contribution is -2.28. The number of carbonyl (C=O) groups is 2. The van der Waals surface area contributed by atoms with Crippen LogP contribution >= 0.6 is 0 Å². The summed E-state index contributed by atoms with van der Waals surface area (Å²) in [5.74, 6) is -0.558. The largest absolute Gasteiger partial charge is 0.462 e. The lowest BCUT2D eigenvalue weighted by atomic mass is 10.0. The Morgan fingerprint density at radius 2 is 0.430 bits per heavy atom. The number of carbonyl (C=O) groups excluding carboxylic acids is 2. The van der Waals surface area contributed by atoms with Gasteiger partial charge in [-0.2, -0.15) is 0 Å². The van der Waals surface area contributed by atoms with Crippen LogP contribution in [0.25, 0.3) is 0 Å². The van der Waals surface area contributed by atoms with Crippen LogP contribution in [-0.2, 0) is 19.1 Å². The number of aliphatic hydroxyl groups is 1. The molecule has 0 fully saturated rings. The van der Waals surface area contributed by atoms with E-state index in [-0.39, 0.29) is 25.2 Å². The average molecular weight is 1310 g/mol. The first-order valence-corrected chi connectivity index (χ1v) is 43.0. The fourth-order valence-corrected chi connectivity index (χ4v) is 13.8. The Balaban J connectivity index is 3.34. The Morgan fingerprint density at radius 3 is 0.645 bits per heavy atom. The molecule has 1 unspecified atom stereocenters. The van der Waals surface area contributed by atoms with Crippen LogP contribution in [-0.4, -0.2) is 36.4 Å². The molecule has 0 spiro atoms. The quantitative estimate of drug-likeness (QED) is 0.0373. The van der Waals surface area contributed by atoms with Gasteiger partial charge >= 0.3 is 11.9 Å². The number of ether oxygens (including phenoxy) is 2. The van der Waals surface area contributed by atoms with Crippen LogP contribution < -0.4 is 0 Å². The van der Waals surface area contributed by atoms with E-state index in [2.05, 4.69) is 50.3 Å². The molecular formula is C88H168O5. The summed E-state index contributed by atoms with van der Waals surface area (Å²) >= 11 is 0. The van der Waals surface area contributed by atoms with E-state index in [9.17, 15) is 14.7 Å². The van der Waals surface area contributed by atoms with Gasteiger partial charge in [-0.3, -0.25) is 9.59 Å². The van der Waals surface area contributed by atoms with Gasteiger partial charge in [-0.25, -0.2) is 0 Å². The van der Waals surface area contributed by atoms with Gasteiger partial charge in [-0.1, -0.05) is 468 Å². The van der Waals surface area contributed by atoms with E-state index >= 15 is 0 Å². The molecule has 0 saturated heterocycles. The normalized spacial score (nSPS) is 12.2. The highest BCUT2D eigenvalue weighted by Gasteiger charge is 2.16. The van der Waals surface area contributed by atoms with E-state index in [0.29, 0.717) is 12.8 Å². The minimum absolute atomic E-state index is 0.0573. The maximum atomic E-state index is 12.4. The molecule has 0 amide bonds. The highest BCUT2D eigenvalue weighted by molar-refractivity contribution is 5.70. The molecular weight excluding hydrogens is 1140 g/mol. The van der Waals surface area contributed by atoms with Gasteiger partial charge in [0.05, 0.1) is 6.61 Å². The molecule has 0 aliphatic heterocycles. The van der Waals surface area contributed by atoms with Crippen LogP contribution in [0.3, 0.4) is 0 Å². The van der Waals surface area contributed by atoms with E-state index in [1.807, 2.05) is 0 Å². The van der Waals surface area contributed by atoms with Crippen LogP contribution in [0, 0.1) is 0 Å². The van der Waals surface area contributed by atoms with Crippen LogP contribution in [0.5, 0.6) is 0 Å². The highest BCUT2D eigenvalue weighted by Crippen LogP contribution is 2.21. The molecule has 1 N–H and O–H groups in total. The molecule has 0 saturated carbocycles. The third-order valence-electron chi connectivity index (χ3n) is 20.2. The Labute approximate surface area is 584 Å². The summed E-state index contributed by atoms with van der Waals surface area (Å²) in [5.41, 5.74) is 0. The second kappa shape index (κ2) is 84.3. The lowest BCUT2D eigenvalue weighted by Gasteiger charge is -2.15. The van der Waals surface area contributed by atoms with Crippen LogP contribution in [0.1, 0.15) is 495 Å².